The van der Waals surface area contributed by atoms with Gasteiger partial charge in [-0.05, 0) is 24.3 Å². The van der Waals surface area contributed by atoms with Crippen molar-refractivity contribution in [1.82, 2.24) is 9.97 Å². The molecule has 3 aromatic carbocycles. The quantitative estimate of drug-likeness (QED) is 0.359. The summed E-state index contributed by atoms with van der Waals surface area (Å²) in [5, 5.41) is 8.16. The number of hydrogen-bond donors (Lipinski definition) is 1. The van der Waals surface area contributed by atoms with E-state index in [2.05, 4.69) is 24.9 Å². The van der Waals surface area contributed by atoms with Gasteiger partial charge in [-0.3, -0.25) is 0 Å². The van der Waals surface area contributed by atoms with E-state index < -0.39 is 6.36 Å². The lowest BCUT2D eigenvalue weighted by molar-refractivity contribution is -0.274. The van der Waals surface area contributed by atoms with Crippen LogP contribution in [-0.4, -0.2) is 16.3 Å². The van der Waals surface area contributed by atoms with Crippen LogP contribution in [0.25, 0.3) is 22.5 Å². The number of azo groups is 1. The van der Waals surface area contributed by atoms with Gasteiger partial charge in [-0.2, -0.15) is 0 Å². The number of ether oxygens (including phenoxy) is 1. The molecule has 1 aromatic heterocycles. The summed E-state index contributed by atoms with van der Waals surface area (Å²) in [5.41, 5.74) is 3.75. The van der Waals surface area contributed by atoms with Crippen LogP contribution in [-0.2, 0) is 0 Å². The van der Waals surface area contributed by atoms with Crippen LogP contribution in [0.2, 0.25) is 0 Å². The molecule has 0 fully saturated rings. The third-order valence-electron chi connectivity index (χ3n) is 4.13. The molecule has 0 atom stereocenters. The van der Waals surface area contributed by atoms with Gasteiger partial charge < -0.3 is 9.72 Å². The molecule has 0 saturated carbocycles. The Hall–Kier alpha value is -3.94. The van der Waals surface area contributed by atoms with Gasteiger partial charge in [-0.25, -0.2) is 4.98 Å². The van der Waals surface area contributed by atoms with E-state index in [0.717, 1.165) is 22.5 Å². The second-order valence-electron chi connectivity index (χ2n) is 6.26. The number of halogens is 3. The summed E-state index contributed by atoms with van der Waals surface area (Å²) in [7, 11) is 0. The third kappa shape index (κ3) is 4.72. The molecule has 0 amide bonds. The average molecular weight is 408 g/mol. The minimum absolute atomic E-state index is 0.281. The first-order chi connectivity index (χ1) is 14.5. The summed E-state index contributed by atoms with van der Waals surface area (Å²) in [6, 6.07) is 24.5. The van der Waals surface area contributed by atoms with Gasteiger partial charge in [0.1, 0.15) is 5.75 Å². The summed E-state index contributed by atoms with van der Waals surface area (Å²) >= 11 is 0. The molecule has 0 aliphatic rings. The molecule has 1 heterocycles. The number of aromatic amines is 1. The maximum absolute atomic E-state index is 12.3. The molecule has 1 N–H and O–H groups in total. The van der Waals surface area contributed by atoms with Gasteiger partial charge in [0.15, 0.2) is 0 Å². The third-order valence-corrected chi connectivity index (χ3v) is 4.13. The molecule has 0 radical (unpaired) electrons. The first-order valence-corrected chi connectivity index (χ1v) is 8.96. The van der Waals surface area contributed by atoms with Gasteiger partial charge >= 0.3 is 6.36 Å². The van der Waals surface area contributed by atoms with E-state index in [-0.39, 0.29) is 11.7 Å². The van der Waals surface area contributed by atoms with Gasteiger partial charge in [0.2, 0.25) is 5.95 Å². The SMILES string of the molecule is FC(F)(F)Oc1ccc(N=Nc2nc(-c3ccccc3)c(-c3ccccc3)[nH]2)cc1. The Morgan fingerprint density at radius 1 is 0.733 bits per heavy atom. The first kappa shape index (κ1) is 19.4. The molecule has 4 aromatic rings. The Morgan fingerprint density at radius 3 is 1.93 bits per heavy atom. The summed E-state index contributed by atoms with van der Waals surface area (Å²) in [6.07, 6.45) is -4.74. The molecule has 150 valence electrons. The number of hydrogen-bond acceptors (Lipinski definition) is 4. The first-order valence-electron chi connectivity index (χ1n) is 8.96. The van der Waals surface area contributed by atoms with Crippen molar-refractivity contribution < 1.29 is 17.9 Å². The average Bonchev–Trinajstić information content (AvgIpc) is 3.18. The normalized spacial score (nSPS) is 11.7. The smallest absolute Gasteiger partial charge is 0.406 e. The maximum Gasteiger partial charge on any atom is 0.573 e. The van der Waals surface area contributed by atoms with Crippen molar-refractivity contribution in [2.45, 2.75) is 6.36 Å². The number of aromatic nitrogens is 2. The number of benzene rings is 3. The van der Waals surface area contributed by atoms with E-state index >= 15 is 0 Å². The number of H-pyrrole nitrogens is 1. The van der Waals surface area contributed by atoms with E-state index in [1.54, 1.807) is 0 Å². The topological polar surface area (TPSA) is 62.6 Å². The van der Waals surface area contributed by atoms with E-state index in [0.29, 0.717) is 5.69 Å². The highest BCUT2D eigenvalue weighted by atomic mass is 19.4. The van der Waals surface area contributed by atoms with Gasteiger partial charge in [-0.1, -0.05) is 60.7 Å². The predicted octanol–water partition coefficient (Wildman–Crippen LogP) is 7.06. The lowest BCUT2D eigenvalue weighted by atomic mass is 10.1. The fraction of sp³-hybridized carbons (Fsp3) is 0.0455. The van der Waals surface area contributed by atoms with Crippen molar-refractivity contribution in [3.05, 3.63) is 84.9 Å². The van der Waals surface area contributed by atoms with Crippen LogP contribution in [0.15, 0.2) is 95.2 Å². The Balaban J connectivity index is 1.63. The molecule has 0 unspecified atom stereocenters. The van der Waals surface area contributed by atoms with Crippen LogP contribution < -0.4 is 4.74 Å². The zero-order chi connectivity index (χ0) is 21.0. The maximum atomic E-state index is 12.3. The van der Waals surface area contributed by atoms with Crippen molar-refractivity contribution in [1.29, 1.82) is 0 Å². The van der Waals surface area contributed by atoms with Crippen LogP contribution in [0, 0.1) is 0 Å². The van der Waals surface area contributed by atoms with Crippen LogP contribution in [0.4, 0.5) is 24.8 Å². The molecule has 0 spiro atoms. The molecule has 30 heavy (non-hydrogen) atoms. The largest absolute Gasteiger partial charge is 0.573 e. The van der Waals surface area contributed by atoms with Gasteiger partial charge in [0.05, 0.1) is 17.1 Å². The number of alkyl halides is 3. The Bertz CT molecular complexity index is 1080. The monoisotopic (exact) mass is 408 g/mol. The summed E-state index contributed by atoms with van der Waals surface area (Å²) < 4.78 is 40.6. The minimum atomic E-state index is -4.74. The molecule has 4 rings (SSSR count). The molecule has 0 aliphatic carbocycles. The molecule has 8 heteroatoms. The molecular weight excluding hydrogens is 393 g/mol. The Labute approximate surface area is 169 Å². The highest BCUT2D eigenvalue weighted by Crippen LogP contribution is 2.33. The second-order valence-corrected chi connectivity index (χ2v) is 6.26. The zero-order valence-corrected chi connectivity index (χ0v) is 15.5. The van der Waals surface area contributed by atoms with Gasteiger partial charge in [0.25, 0.3) is 0 Å². The lowest BCUT2D eigenvalue weighted by Crippen LogP contribution is -2.16. The Kier molecular flexibility index (Phi) is 5.30. The van der Waals surface area contributed by atoms with Crippen LogP contribution in [0.5, 0.6) is 5.75 Å². The molecule has 0 aliphatic heterocycles. The molecule has 0 saturated heterocycles. The number of nitrogens with one attached hydrogen (secondary N) is 1. The van der Waals surface area contributed by atoms with Crippen molar-refractivity contribution in [3.8, 4) is 28.3 Å². The molecule has 0 bridgehead atoms. The lowest BCUT2D eigenvalue weighted by Gasteiger charge is -2.07. The fourth-order valence-corrected chi connectivity index (χ4v) is 2.85. The number of imidazole rings is 1. The van der Waals surface area contributed by atoms with Crippen molar-refractivity contribution in [2.75, 3.05) is 0 Å². The minimum Gasteiger partial charge on any atom is -0.406 e. The zero-order valence-electron chi connectivity index (χ0n) is 15.5. The summed E-state index contributed by atoms with van der Waals surface area (Å²) in [4.78, 5) is 7.71. The Morgan fingerprint density at radius 2 is 1.33 bits per heavy atom. The summed E-state index contributed by atoms with van der Waals surface area (Å²) in [6.45, 7) is 0. The van der Waals surface area contributed by atoms with Gasteiger partial charge in [-0.15, -0.1) is 23.4 Å². The van der Waals surface area contributed by atoms with E-state index in [1.807, 2.05) is 60.7 Å². The predicted molar refractivity (Wildman–Crippen MR) is 107 cm³/mol. The standard InChI is InChI=1S/C22H15F3N4O/c23-22(24,25)30-18-13-11-17(12-14-18)28-29-21-26-19(15-7-3-1-4-8-15)20(27-21)16-9-5-2-6-10-16/h1-14H,(H,26,27). The van der Waals surface area contributed by atoms with Crippen LogP contribution in [0.3, 0.4) is 0 Å². The molecule has 5 nitrogen and oxygen atoms in total. The van der Waals surface area contributed by atoms with E-state index in [4.69, 9.17) is 0 Å². The van der Waals surface area contributed by atoms with Crippen molar-refractivity contribution in [3.63, 3.8) is 0 Å². The highest BCUT2D eigenvalue weighted by Gasteiger charge is 2.30. The fourth-order valence-electron chi connectivity index (χ4n) is 2.85. The van der Waals surface area contributed by atoms with Gasteiger partial charge in [0, 0.05) is 11.1 Å². The van der Waals surface area contributed by atoms with Crippen LogP contribution >= 0.6 is 0 Å². The number of rotatable bonds is 5. The van der Waals surface area contributed by atoms with Crippen molar-refractivity contribution >= 4 is 11.6 Å². The van der Waals surface area contributed by atoms with E-state index in [9.17, 15) is 13.2 Å². The van der Waals surface area contributed by atoms with Crippen LogP contribution in [0.1, 0.15) is 0 Å². The molecular formula is C22H15F3N4O. The number of nitrogens with zero attached hydrogens (tertiary/aromatic N) is 3. The van der Waals surface area contributed by atoms with E-state index in [1.165, 1.54) is 24.3 Å². The summed E-state index contributed by atoms with van der Waals surface area (Å²) in [5.74, 6) is -0.0412. The second kappa shape index (κ2) is 8.20. The van der Waals surface area contributed by atoms with Crippen molar-refractivity contribution in [2.24, 2.45) is 10.2 Å². The highest BCUT2D eigenvalue weighted by molar-refractivity contribution is 5.79.